The minimum absolute atomic E-state index is 0.0176. The third-order valence-corrected chi connectivity index (χ3v) is 3.89. The van der Waals surface area contributed by atoms with Gasteiger partial charge in [0, 0.05) is 11.1 Å². The van der Waals surface area contributed by atoms with Crippen molar-refractivity contribution in [2.24, 2.45) is 0 Å². The number of benzene rings is 1. The molecule has 2 unspecified atom stereocenters. The maximum Gasteiger partial charge on any atom is 0.252 e. The van der Waals surface area contributed by atoms with Gasteiger partial charge < -0.3 is 10.1 Å². The molecule has 98 valence electrons. The number of ether oxygens (including phenoxy) is 1. The van der Waals surface area contributed by atoms with Gasteiger partial charge in [0.05, 0.1) is 6.04 Å². The second-order valence-electron chi connectivity index (χ2n) is 4.93. The van der Waals surface area contributed by atoms with Crippen molar-refractivity contribution in [2.75, 3.05) is 6.61 Å². The lowest BCUT2D eigenvalue weighted by Gasteiger charge is -2.25. The fraction of sp³-hybridized carbons (Fsp3) is 0.500. The van der Waals surface area contributed by atoms with Crippen molar-refractivity contribution in [1.82, 2.24) is 5.32 Å². The maximum atomic E-state index is 12.2. The van der Waals surface area contributed by atoms with Gasteiger partial charge in [-0.05, 0) is 44.4 Å². The van der Waals surface area contributed by atoms with Crippen LogP contribution in [0.15, 0.2) is 28.7 Å². The van der Waals surface area contributed by atoms with Crippen LogP contribution in [0.5, 0.6) is 0 Å². The van der Waals surface area contributed by atoms with E-state index in [-0.39, 0.29) is 11.9 Å². The van der Waals surface area contributed by atoms with E-state index in [1.807, 2.05) is 38.1 Å². The van der Waals surface area contributed by atoms with Gasteiger partial charge >= 0.3 is 0 Å². The summed E-state index contributed by atoms with van der Waals surface area (Å²) in [5.41, 5.74) is 0.430. The first-order chi connectivity index (χ1) is 8.51. The number of nitrogens with one attached hydrogen (secondary N) is 1. The summed E-state index contributed by atoms with van der Waals surface area (Å²) in [4.78, 5) is 12.2. The number of carbonyl (C=O) groups excluding carboxylic acids is 1. The molecule has 0 spiro atoms. The number of hydrogen-bond acceptors (Lipinski definition) is 2. The van der Waals surface area contributed by atoms with Crippen LogP contribution in [0.2, 0.25) is 0 Å². The predicted octanol–water partition coefficient (Wildman–Crippen LogP) is 3.20. The van der Waals surface area contributed by atoms with Gasteiger partial charge in [0.2, 0.25) is 0 Å². The lowest BCUT2D eigenvalue weighted by molar-refractivity contribution is -0.140. The van der Waals surface area contributed by atoms with Gasteiger partial charge in [-0.2, -0.15) is 0 Å². The molecule has 0 bridgehead atoms. The molecule has 0 saturated carbocycles. The highest BCUT2D eigenvalue weighted by Crippen LogP contribution is 2.26. The van der Waals surface area contributed by atoms with Crippen LogP contribution in [0, 0.1) is 0 Å². The van der Waals surface area contributed by atoms with Gasteiger partial charge in [0.1, 0.15) is 5.60 Å². The van der Waals surface area contributed by atoms with Crippen LogP contribution >= 0.6 is 15.9 Å². The molecule has 18 heavy (non-hydrogen) atoms. The average molecular weight is 312 g/mol. The molecule has 1 aliphatic heterocycles. The molecule has 1 fully saturated rings. The van der Waals surface area contributed by atoms with Crippen LogP contribution in [0.1, 0.15) is 38.3 Å². The molecule has 1 N–H and O–H groups in total. The second-order valence-corrected chi connectivity index (χ2v) is 5.85. The fourth-order valence-corrected chi connectivity index (χ4v) is 2.58. The standard InChI is InChI=1S/C14H18BrNO2/c1-10(11-5-3-6-12(15)9-11)16-13(17)14(2)7-4-8-18-14/h3,5-6,9-10H,4,7-8H2,1-2H3,(H,16,17). The van der Waals surface area contributed by atoms with Crippen molar-refractivity contribution in [3.8, 4) is 0 Å². The molecule has 2 rings (SSSR count). The first-order valence-electron chi connectivity index (χ1n) is 6.22. The highest BCUT2D eigenvalue weighted by Gasteiger charge is 2.38. The van der Waals surface area contributed by atoms with E-state index in [1.165, 1.54) is 0 Å². The fourth-order valence-electron chi connectivity index (χ4n) is 2.17. The number of amides is 1. The molecule has 1 saturated heterocycles. The number of carbonyl (C=O) groups is 1. The minimum Gasteiger partial charge on any atom is -0.365 e. The monoisotopic (exact) mass is 311 g/mol. The zero-order valence-electron chi connectivity index (χ0n) is 10.7. The summed E-state index contributed by atoms with van der Waals surface area (Å²) in [6.07, 6.45) is 1.75. The summed E-state index contributed by atoms with van der Waals surface area (Å²) in [6, 6.07) is 7.95. The van der Waals surface area contributed by atoms with Gasteiger partial charge in [0.15, 0.2) is 0 Å². The molecular formula is C14H18BrNO2. The lowest BCUT2D eigenvalue weighted by atomic mass is 10.0. The molecule has 1 aromatic rings. The van der Waals surface area contributed by atoms with Crippen molar-refractivity contribution in [3.63, 3.8) is 0 Å². The van der Waals surface area contributed by atoms with Crippen molar-refractivity contribution >= 4 is 21.8 Å². The third kappa shape index (κ3) is 2.93. The van der Waals surface area contributed by atoms with E-state index in [1.54, 1.807) is 0 Å². The second kappa shape index (κ2) is 5.41. The van der Waals surface area contributed by atoms with E-state index in [9.17, 15) is 4.79 Å². The van der Waals surface area contributed by atoms with E-state index in [0.717, 1.165) is 22.9 Å². The molecule has 1 amide bonds. The minimum atomic E-state index is -0.653. The SMILES string of the molecule is CC(NC(=O)C1(C)CCCO1)c1cccc(Br)c1. The molecule has 1 aromatic carbocycles. The highest BCUT2D eigenvalue weighted by molar-refractivity contribution is 9.10. The van der Waals surface area contributed by atoms with Crippen molar-refractivity contribution in [3.05, 3.63) is 34.3 Å². The molecule has 2 atom stereocenters. The molecule has 1 aliphatic rings. The van der Waals surface area contributed by atoms with Gasteiger partial charge in [0.25, 0.3) is 5.91 Å². The van der Waals surface area contributed by atoms with Crippen LogP contribution in [-0.2, 0) is 9.53 Å². The summed E-state index contributed by atoms with van der Waals surface area (Å²) in [6.45, 7) is 4.52. The zero-order chi connectivity index (χ0) is 13.2. The average Bonchev–Trinajstić information content (AvgIpc) is 2.77. The molecule has 1 heterocycles. The normalized spacial score (nSPS) is 24.8. The molecule has 4 heteroatoms. The van der Waals surface area contributed by atoms with Gasteiger partial charge in [-0.1, -0.05) is 28.1 Å². The molecule has 0 radical (unpaired) electrons. The van der Waals surface area contributed by atoms with Crippen LogP contribution in [0.25, 0.3) is 0 Å². The Bertz CT molecular complexity index is 441. The van der Waals surface area contributed by atoms with Crippen LogP contribution in [-0.4, -0.2) is 18.1 Å². The predicted molar refractivity (Wildman–Crippen MR) is 74.3 cm³/mol. The van der Waals surface area contributed by atoms with Crippen LogP contribution < -0.4 is 5.32 Å². The largest absolute Gasteiger partial charge is 0.365 e. The lowest BCUT2D eigenvalue weighted by Crippen LogP contribution is -2.44. The Hall–Kier alpha value is -0.870. The number of rotatable bonds is 3. The Labute approximate surface area is 116 Å². The molecule has 0 aromatic heterocycles. The van der Waals surface area contributed by atoms with Gasteiger partial charge in [-0.15, -0.1) is 0 Å². The van der Waals surface area contributed by atoms with E-state index in [4.69, 9.17) is 4.74 Å². The van der Waals surface area contributed by atoms with Crippen molar-refractivity contribution in [2.45, 2.75) is 38.3 Å². The van der Waals surface area contributed by atoms with Crippen molar-refractivity contribution < 1.29 is 9.53 Å². The Morgan fingerprint density at radius 1 is 1.56 bits per heavy atom. The first-order valence-corrected chi connectivity index (χ1v) is 7.01. The highest BCUT2D eigenvalue weighted by atomic mass is 79.9. The smallest absolute Gasteiger partial charge is 0.252 e. The van der Waals surface area contributed by atoms with Crippen molar-refractivity contribution in [1.29, 1.82) is 0 Å². The first kappa shape index (κ1) is 13.6. The van der Waals surface area contributed by atoms with Crippen LogP contribution in [0.4, 0.5) is 0 Å². The Kier molecular flexibility index (Phi) is 4.07. The summed E-state index contributed by atoms with van der Waals surface area (Å²) in [7, 11) is 0. The Morgan fingerprint density at radius 2 is 2.33 bits per heavy atom. The Morgan fingerprint density at radius 3 is 2.94 bits per heavy atom. The number of hydrogen-bond donors (Lipinski definition) is 1. The number of halogens is 1. The van der Waals surface area contributed by atoms with Gasteiger partial charge in [-0.25, -0.2) is 0 Å². The maximum absolute atomic E-state index is 12.2. The third-order valence-electron chi connectivity index (χ3n) is 3.40. The summed E-state index contributed by atoms with van der Waals surface area (Å²) < 4.78 is 6.56. The topological polar surface area (TPSA) is 38.3 Å². The van der Waals surface area contributed by atoms with E-state index < -0.39 is 5.60 Å². The van der Waals surface area contributed by atoms with E-state index in [0.29, 0.717) is 6.61 Å². The summed E-state index contributed by atoms with van der Waals surface area (Å²) in [5.74, 6) is -0.0209. The van der Waals surface area contributed by atoms with Gasteiger partial charge in [-0.3, -0.25) is 4.79 Å². The van der Waals surface area contributed by atoms with E-state index >= 15 is 0 Å². The Balaban J connectivity index is 2.03. The summed E-state index contributed by atoms with van der Waals surface area (Å²) >= 11 is 3.44. The van der Waals surface area contributed by atoms with E-state index in [2.05, 4.69) is 21.2 Å². The quantitative estimate of drug-likeness (QED) is 0.931. The zero-order valence-corrected chi connectivity index (χ0v) is 12.3. The summed E-state index contributed by atoms with van der Waals surface area (Å²) in [5, 5.41) is 3.02. The molecule has 3 nitrogen and oxygen atoms in total. The molecule has 0 aliphatic carbocycles. The molecular weight excluding hydrogens is 294 g/mol. The van der Waals surface area contributed by atoms with Crippen LogP contribution in [0.3, 0.4) is 0 Å².